The van der Waals surface area contributed by atoms with Crippen LogP contribution in [0.5, 0.6) is 0 Å². The van der Waals surface area contributed by atoms with Crippen LogP contribution in [0.2, 0.25) is 0 Å². The highest BCUT2D eigenvalue weighted by Crippen LogP contribution is 2.69. The van der Waals surface area contributed by atoms with E-state index in [2.05, 4.69) is 19.8 Å². The minimum Gasteiger partial charge on any atom is -0.393 e. The maximum atomic E-state index is 12.3. The zero-order chi connectivity index (χ0) is 18.9. The normalized spacial score (nSPS) is 56.0. The number of Topliss-reactive ketones (excluding diaryl/α,β-unsaturated/α-hetero) is 1. The molecule has 4 rings (SSSR count). The molecule has 0 aliphatic heterocycles. The molecule has 0 saturated heterocycles. The van der Waals surface area contributed by atoms with E-state index < -0.39 is 5.60 Å². The number of fused-ring (bicyclic) bond motifs is 5. The summed E-state index contributed by atoms with van der Waals surface area (Å²) in [4.78, 5) is 12.3. The van der Waals surface area contributed by atoms with Gasteiger partial charge in [0.25, 0.3) is 0 Å². The highest BCUT2D eigenvalue weighted by atomic mass is 16.3. The minimum absolute atomic E-state index is 0.00108. The van der Waals surface area contributed by atoms with E-state index in [1.807, 2.05) is 0 Å². The summed E-state index contributed by atoms with van der Waals surface area (Å²) in [5.74, 6) is 4.54. The molecule has 2 N–H and O–H groups in total. The number of aliphatic hydroxyl groups excluding tert-OH is 1. The molecule has 0 aromatic heterocycles. The smallest absolute Gasteiger partial charge is 0.133 e. The summed E-state index contributed by atoms with van der Waals surface area (Å²) in [6.07, 6.45) is 13.2. The zero-order valence-electron chi connectivity index (χ0n) is 16.5. The number of terminal acetylenes is 1. The Bertz CT molecular complexity index is 650. The SMILES string of the molecule is C#C[C@]1(O)C[C@]2(C)[C@@H](C(C)=O)CC[C@H]2[C@@H]2CC[C@H]3C[C@H](O)CC[C@]3(C)[C@H]21. The van der Waals surface area contributed by atoms with Gasteiger partial charge in [-0.1, -0.05) is 19.8 Å². The van der Waals surface area contributed by atoms with Crippen molar-refractivity contribution in [2.45, 2.75) is 83.8 Å². The number of carbonyl (C=O) groups excluding carboxylic acids is 1. The molecule has 4 aliphatic carbocycles. The fourth-order valence-electron chi connectivity index (χ4n) is 8.36. The van der Waals surface area contributed by atoms with Gasteiger partial charge in [-0.25, -0.2) is 0 Å². The predicted octanol–water partition coefficient (Wildman–Crippen LogP) is 3.57. The second-order valence-electron chi connectivity index (χ2n) is 10.4. The molecular formula is C23H34O3. The lowest BCUT2D eigenvalue weighted by Gasteiger charge is -2.64. The summed E-state index contributed by atoms with van der Waals surface area (Å²) in [5, 5.41) is 21.9. The van der Waals surface area contributed by atoms with Crippen molar-refractivity contribution in [3.8, 4) is 12.3 Å². The summed E-state index contributed by atoms with van der Waals surface area (Å²) in [7, 11) is 0. The van der Waals surface area contributed by atoms with Gasteiger partial charge in [0.1, 0.15) is 11.4 Å². The second-order valence-corrected chi connectivity index (χ2v) is 10.4. The maximum absolute atomic E-state index is 12.3. The van der Waals surface area contributed by atoms with Gasteiger partial charge in [0.05, 0.1) is 6.10 Å². The topological polar surface area (TPSA) is 57.5 Å². The Balaban J connectivity index is 1.77. The van der Waals surface area contributed by atoms with Crippen LogP contribution in [-0.4, -0.2) is 27.7 Å². The Labute approximate surface area is 157 Å². The number of ketones is 1. The molecular weight excluding hydrogens is 324 g/mol. The molecule has 0 spiro atoms. The van der Waals surface area contributed by atoms with Crippen molar-refractivity contribution in [1.82, 2.24) is 0 Å². The molecule has 0 aromatic rings. The van der Waals surface area contributed by atoms with Crippen molar-refractivity contribution in [2.24, 2.45) is 40.4 Å². The van der Waals surface area contributed by atoms with Crippen LogP contribution in [0.15, 0.2) is 0 Å². The van der Waals surface area contributed by atoms with Gasteiger partial charge in [0, 0.05) is 11.8 Å². The van der Waals surface area contributed by atoms with Crippen molar-refractivity contribution in [3.63, 3.8) is 0 Å². The number of hydrogen-bond acceptors (Lipinski definition) is 3. The molecule has 0 amide bonds. The fraction of sp³-hybridized carbons (Fsp3) is 0.870. The van der Waals surface area contributed by atoms with Crippen LogP contribution in [0.1, 0.15) is 72.1 Å². The van der Waals surface area contributed by atoms with E-state index >= 15 is 0 Å². The Kier molecular flexibility index (Phi) is 4.14. The molecule has 0 bridgehead atoms. The number of hydrogen-bond donors (Lipinski definition) is 2. The van der Waals surface area contributed by atoms with Gasteiger partial charge in [-0.3, -0.25) is 4.79 Å². The van der Waals surface area contributed by atoms with Crippen LogP contribution in [-0.2, 0) is 4.79 Å². The van der Waals surface area contributed by atoms with Crippen molar-refractivity contribution in [3.05, 3.63) is 0 Å². The minimum atomic E-state index is -1.14. The lowest BCUT2D eigenvalue weighted by molar-refractivity contribution is -0.203. The van der Waals surface area contributed by atoms with Crippen molar-refractivity contribution in [1.29, 1.82) is 0 Å². The van der Waals surface area contributed by atoms with Gasteiger partial charge in [0.2, 0.25) is 0 Å². The van der Waals surface area contributed by atoms with Crippen molar-refractivity contribution >= 4 is 5.78 Å². The van der Waals surface area contributed by atoms with E-state index in [4.69, 9.17) is 6.42 Å². The molecule has 144 valence electrons. The molecule has 0 heterocycles. The second kappa shape index (κ2) is 5.82. The molecule has 4 saturated carbocycles. The monoisotopic (exact) mass is 358 g/mol. The Morgan fingerprint density at radius 3 is 2.50 bits per heavy atom. The van der Waals surface area contributed by atoms with E-state index in [0.717, 1.165) is 44.9 Å². The van der Waals surface area contributed by atoms with Crippen LogP contribution in [0.25, 0.3) is 0 Å². The molecule has 0 aromatic carbocycles. The standard InChI is InChI=1S/C23H34O3/c1-5-23(26)13-22(4)18(14(2)24)8-9-19(22)17-7-6-15-12-16(25)10-11-21(15,3)20(17)23/h1,15-20,25-26H,6-13H2,2-4H3/t15-,16+,17-,18+,19-,20-,21-,22+,23-/m0/s1. The van der Waals surface area contributed by atoms with Crippen molar-refractivity contribution in [2.75, 3.05) is 0 Å². The Morgan fingerprint density at radius 2 is 1.85 bits per heavy atom. The van der Waals surface area contributed by atoms with E-state index in [0.29, 0.717) is 24.2 Å². The van der Waals surface area contributed by atoms with E-state index in [9.17, 15) is 15.0 Å². The lowest BCUT2D eigenvalue weighted by atomic mass is 9.41. The van der Waals surface area contributed by atoms with Gasteiger partial charge in [-0.05, 0) is 86.9 Å². The van der Waals surface area contributed by atoms with Crippen LogP contribution in [0.4, 0.5) is 0 Å². The van der Waals surface area contributed by atoms with Crippen LogP contribution in [0, 0.1) is 52.8 Å². The quantitative estimate of drug-likeness (QED) is 0.705. The number of rotatable bonds is 1. The molecule has 0 radical (unpaired) electrons. The molecule has 9 atom stereocenters. The highest BCUT2D eigenvalue weighted by molar-refractivity contribution is 5.79. The lowest BCUT2D eigenvalue weighted by Crippen LogP contribution is -2.64. The molecule has 26 heavy (non-hydrogen) atoms. The zero-order valence-corrected chi connectivity index (χ0v) is 16.5. The first-order chi connectivity index (χ1) is 12.2. The van der Waals surface area contributed by atoms with Gasteiger partial charge in [0.15, 0.2) is 0 Å². The van der Waals surface area contributed by atoms with Crippen LogP contribution in [0.3, 0.4) is 0 Å². The van der Waals surface area contributed by atoms with E-state index in [1.54, 1.807) is 6.92 Å². The first-order valence-electron chi connectivity index (χ1n) is 10.5. The van der Waals surface area contributed by atoms with Gasteiger partial charge in [-0.2, -0.15) is 0 Å². The summed E-state index contributed by atoms with van der Waals surface area (Å²) in [5.41, 5.74) is -1.31. The van der Waals surface area contributed by atoms with Crippen molar-refractivity contribution < 1.29 is 15.0 Å². The average Bonchev–Trinajstić information content (AvgIpc) is 2.91. The van der Waals surface area contributed by atoms with Gasteiger partial charge >= 0.3 is 0 Å². The van der Waals surface area contributed by atoms with Gasteiger partial charge < -0.3 is 10.2 Å². The fourth-order valence-corrected chi connectivity index (χ4v) is 8.36. The van der Waals surface area contributed by atoms with Gasteiger partial charge in [-0.15, -0.1) is 6.42 Å². The first-order valence-corrected chi connectivity index (χ1v) is 10.5. The number of aliphatic hydroxyl groups is 2. The van der Waals surface area contributed by atoms with E-state index in [1.165, 1.54) is 0 Å². The first kappa shape index (κ1) is 18.5. The third-order valence-electron chi connectivity index (χ3n) is 9.32. The summed E-state index contributed by atoms with van der Waals surface area (Å²) >= 11 is 0. The predicted molar refractivity (Wildman–Crippen MR) is 101 cm³/mol. The maximum Gasteiger partial charge on any atom is 0.133 e. The summed E-state index contributed by atoms with van der Waals surface area (Å²) < 4.78 is 0. The summed E-state index contributed by atoms with van der Waals surface area (Å²) in [6, 6.07) is 0. The molecule has 4 aliphatic rings. The molecule has 4 fully saturated rings. The largest absolute Gasteiger partial charge is 0.393 e. The molecule has 3 nitrogen and oxygen atoms in total. The highest BCUT2D eigenvalue weighted by Gasteiger charge is 2.67. The third kappa shape index (κ3) is 2.31. The van der Waals surface area contributed by atoms with E-state index in [-0.39, 0.29) is 34.6 Å². The average molecular weight is 359 g/mol. The molecule has 0 unspecified atom stereocenters. The summed E-state index contributed by atoms with van der Waals surface area (Å²) in [6.45, 7) is 6.25. The van der Waals surface area contributed by atoms with Crippen LogP contribution >= 0.6 is 0 Å². The number of carbonyl (C=O) groups is 1. The Hall–Kier alpha value is -0.850. The molecule has 3 heteroatoms. The Morgan fingerprint density at radius 1 is 1.12 bits per heavy atom. The third-order valence-corrected chi connectivity index (χ3v) is 9.32. The van der Waals surface area contributed by atoms with Crippen LogP contribution < -0.4 is 0 Å².